The maximum Gasteiger partial charge on any atom is 0.288 e. The molecule has 1 aromatic rings. The van der Waals surface area contributed by atoms with E-state index in [9.17, 15) is 14.4 Å². The highest BCUT2D eigenvalue weighted by Crippen LogP contribution is 2.20. The Kier molecular flexibility index (Phi) is 4.26. The maximum atomic E-state index is 11.9. The SMILES string of the molecule is Cc1scc(C(=O)NCCN2C(=O)CSC2=O)c1C. The van der Waals surface area contributed by atoms with Crippen LogP contribution in [0.15, 0.2) is 5.38 Å². The summed E-state index contributed by atoms with van der Waals surface area (Å²) in [6.07, 6.45) is 0. The molecule has 1 N–H and O–H groups in total. The molecule has 0 saturated carbocycles. The van der Waals surface area contributed by atoms with Gasteiger partial charge >= 0.3 is 0 Å². The number of hydrogen-bond donors (Lipinski definition) is 1. The number of hydrogen-bond acceptors (Lipinski definition) is 5. The van der Waals surface area contributed by atoms with E-state index in [1.54, 1.807) is 0 Å². The predicted octanol–water partition coefficient (Wildman–Crippen LogP) is 1.79. The van der Waals surface area contributed by atoms with Crippen molar-refractivity contribution in [1.82, 2.24) is 10.2 Å². The summed E-state index contributed by atoms with van der Waals surface area (Å²) in [6.45, 7) is 4.39. The van der Waals surface area contributed by atoms with Crippen molar-refractivity contribution < 1.29 is 14.4 Å². The highest BCUT2D eigenvalue weighted by Gasteiger charge is 2.29. The Hall–Kier alpha value is -1.34. The van der Waals surface area contributed by atoms with Gasteiger partial charge in [0.2, 0.25) is 5.91 Å². The summed E-state index contributed by atoms with van der Waals surface area (Å²) < 4.78 is 0. The van der Waals surface area contributed by atoms with Crippen molar-refractivity contribution in [1.29, 1.82) is 0 Å². The van der Waals surface area contributed by atoms with E-state index >= 15 is 0 Å². The molecule has 5 nitrogen and oxygen atoms in total. The Balaban J connectivity index is 1.86. The molecule has 3 amide bonds. The van der Waals surface area contributed by atoms with Gasteiger partial charge < -0.3 is 5.32 Å². The average molecular weight is 298 g/mol. The molecule has 19 heavy (non-hydrogen) atoms. The number of rotatable bonds is 4. The highest BCUT2D eigenvalue weighted by atomic mass is 32.2. The minimum absolute atomic E-state index is 0.159. The molecule has 0 spiro atoms. The van der Waals surface area contributed by atoms with E-state index in [1.807, 2.05) is 19.2 Å². The van der Waals surface area contributed by atoms with E-state index in [0.29, 0.717) is 5.56 Å². The van der Waals surface area contributed by atoms with Crippen LogP contribution in [0.25, 0.3) is 0 Å². The minimum atomic E-state index is -0.234. The van der Waals surface area contributed by atoms with Crippen molar-refractivity contribution in [3.8, 4) is 0 Å². The molecule has 0 aromatic carbocycles. The van der Waals surface area contributed by atoms with Gasteiger partial charge in [-0.2, -0.15) is 0 Å². The van der Waals surface area contributed by atoms with Crippen molar-refractivity contribution in [2.24, 2.45) is 0 Å². The molecular weight excluding hydrogens is 284 g/mol. The van der Waals surface area contributed by atoms with Gasteiger partial charge in [0.1, 0.15) is 0 Å². The zero-order valence-electron chi connectivity index (χ0n) is 10.7. The molecular formula is C12H14N2O3S2. The summed E-state index contributed by atoms with van der Waals surface area (Å²) in [6, 6.07) is 0. The second-order valence-electron chi connectivity index (χ2n) is 4.19. The number of carbonyl (C=O) groups excluding carboxylic acids is 3. The molecule has 1 aliphatic heterocycles. The van der Waals surface area contributed by atoms with Crippen LogP contribution < -0.4 is 5.32 Å². The van der Waals surface area contributed by atoms with Crippen LogP contribution in [0.3, 0.4) is 0 Å². The van der Waals surface area contributed by atoms with E-state index in [4.69, 9.17) is 0 Å². The fraction of sp³-hybridized carbons (Fsp3) is 0.417. The molecule has 0 radical (unpaired) electrons. The Morgan fingerprint density at radius 2 is 2.16 bits per heavy atom. The third-order valence-corrected chi connectivity index (χ3v) is 4.86. The van der Waals surface area contributed by atoms with E-state index in [2.05, 4.69) is 5.32 Å². The van der Waals surface area contributed by atoms with Gasteiger partial charge in [-0.05, 0) is 19.4 Å². The molecule has 0 aliphatic carbocycles. The zero-order chi connectivity index (χ0) is 14.0. The Bertz CT molecular complexity index is 523. The van der Waals surface area contributed by atoms with Crippen molar-refractivity contribution in [3.63, 3.8) is 0 Å². The normalized spacial score (nSPS) is 15.2. The van der Waals surface area contributed by atoms with Crippen LogP contribution in [-0.2, 0) is 4.79 Å². The molecule has 1 saturated heterocycles. The van der Waals surface area contributed by atoms with Crippen LogP contribution in [0.4, 0.5) is 4.79 Å². The molecule has 0 unspecified atom stereocenters. The first-order valence-electron chi connectivity index (χ1n) is 5.80. The van der Waals surface area contributed by atoms with Crippen LogP contribution in [0, 0.1) is 13.8 Å². The van der Waals surface area contributed by atoms with Gasteiger partial charge in [-0.15, -0.1) is 11.3 Å². The molecule has 102 valence electrons. The summed E-state index contributed by atoms with van der Waals surface area (Å²) in [5.74, 6) is -0.143. The zero-order valence-corrected chi connectivity index (χ0v) is 12.3. The number of aryl methyl sites for hydroxylation is 1. The maximum absolute atomic E-state index is 11.9. The third kappa shape index (κ3) is 2.98. The lowest BCUT2D eigenvalue weighted by atomic mass is 10.1. The molecule has 1 aromatic heterocycles. The van der Waals surface area contributed by atoms with Gasteiger partial charge in [-0.25, -0.2) is 0 Å². The fourth-order valence-electron chi connectivity index (χ4n) is 1.71. The lowest BCUT2D eigenvalue weighted by Crippen LogP contribution is -2.37. The van der Waals surface area contributed by atoms with Gasteiger partial charge in [-0.3, -0.25) is 19.3 Å². The minimum Gasteiger partial charge on any atom is -0.350 e. The quantitative estimate of drug-likeness (QED) is 0.920. The van der Waals surface area contributed by atoms with E-state index in [1.165, 1.54) is 16.2 Å². The number of nitrogens with zero attached hydrogens (tertiary/aromatic N) is 1. The molecule has 0 atom stereocenters. The smallest absolute Gasteiger partial charge is 0.288 e. The van der Waals surface area contributed by atoms with Gasteiger partial charge in [-0.1, -0.05) is 11.8 Å². The summed E-state index contributed by atoms with van der Waals surface area (Å²) in [4.78, 5) is 36.9. The first kappa shape index (κ1) is 14.1. The van der Waals surface area contributed by atoms with Crippen LogP contribution in [0.5, 0.6) is 0 Å². The second-order valence-corrected chi connectivity index (χ2v) is 6.20. The van der Waals surface area contributed by atoms with Crippen molar-refractivity contribution in [2.75, 3.05) is 18.8 Å². The van der Waals surface area contributed by atoms with Crippen LogP contribution in [0.1, 0.15) is 20.8 Å². The van der Waals surface area contributed by atoms with E-state index in [-0.39, 0.29) is 35.9 Å². The number of thiophene rings is 1. The van der Waals surface area contributed by atoms with Crippen LogP contribution in [0.2, 0.25) is 0 Å². The summed E-state index contributed by atoms with van der Waals surface area (Å²) in [5.41, 5.74) is 1.64. The molecule has 2 rings (SSSR count). The van der Waals surface area contributed by atoms with Gasteiger partial charge in [0, 0.05) is 23.3 Å². The molecule has 1 fully saturated rings. The standard InChI is InChI=1S/C12H14N2O3S2/c1-7-8(2)18-5-9(7)11(16)13-3-4-14-10(15)6-19-12(14)17/h5H,3-4,6H2,1-2H3,(H,13,16). The summed E-state index contributed by atoms with van der Waals surface area (Å²) in [7, 11) is 0. The molecule has 0 bridgehead atoms. The van der Waals surface area contributed by atoms with Gasteiger partial charge in [0.15, 0.2) is 0 Å². The topological polar surface area (TPSA) is 66.5 Å². The second kappa shape index (κ2) is 5.75. The number of imide groups is 1. The summed E-state index contributed by atoms with van der Waals surface area (Å²) >= 11 is 2.54. The van der Waals surface area contributed by atoms with Crippen molar-refractivity contribution >= 4 is 40.2 Å². The Labute approximate surface area is 119 Å². The molecule has 2 heterocycles. The predicted molar refractivity (Wildman–Crippen MR) is 75.7 cm³/mol. The van der Waals surface area contributed by atoms with Gasteiger partial charge in [0.25, 0.3) is 11.1 Å². The average Bonchev–Trinajstić information content (AvgIpc) is 2.86. The van der Waals surface area contributed by atoms with Crippen molar-refractivity contribution in [3.05, 3.63) is 21.4 Å². The number of carbonyl (C=O) groups is 3. The Morgan fingerprint density at radius 1 is 1.42 bits per heavy atom. The van der Waals surface area contributed by atoms with Crippen molar-refractivity contribution in [2.45, 2.75) is 13.8 Å². The van der Waals surface area contributed by atoms with Crippen LogP contribution in [-0.4, -0.2) is 40.8 Å². The van der Waals surface area contributed by atoms with E-state index in [0.717, 1.165) is 22.2 Å². The third-order valence-electron chi connectivity index (χ3n) is 2.99. The van der Waals surface area contributed by atoms with E-state index < -0.39 is 0 Å². The first-order chi connectivity index (χ1) is 9.00. The molecule has 1 aliphatic rings. The molecule has 7 heteroatoms. The lowest BCUT2D eigenvalue weighted by Gasteiger charge is -2.13. The fourth-order valence-corrected chi connectivity index (χ4v) is 3.33. The number of amides is 3. The highest BCUT2D eigenvalue weighted by molar-refractivity contribution is 8.14. The number of nitrogens with one attached hydrogen (secondary N) is 1. The van der Waals surface area contributed by atoms with Crippen LogP contribution >= 0.6 is 23.1 Å². The monoisotopic (exact) mass is 298 g/mol. The largest absolute Gasteiger partial charge is 0.350 e. The summed E-state index contributed by atoms with van der Waals surface area (Å²) in [5, 5.41) is 4.32. The first-order valence-corrected chi connectivity index (χ1v) is 7.67. The van der Waals surface area contributed by atoms with Gasteiger partial charge in [0.05, 0.1) is 11.3 Å². The number of thioether (sulfide) groups is 1. The Morgan fingerprint density at radius 3 is 2.68 bits per heavy atom. The lowest BCUT2D eigenvalue weighted by molar-refractivity contribution is -0.124.